The van der Waals surface area contributed by atoms with Crippen LogP contribution in [-0.4, -0.2) is 41.4 Å². The summed E-state index contributed by atoms with van der Waals surface area (Å²) in [7, 11) is -2.66. The molecule has 0 fully saturated rings. The van der Waals surface area contributed by atoms with E-state index in [9.17, 15) is 9.59 Å². The van der Waals surface area contributed by atoms with Crippen molar-refractivity contribution in [2.75, 3.05) is 6.61 Å². The Morgan fingerprint density at radius 3 is 2.11 bits per heavy atom. The Balaban J connectivity index is 1.34. The standard InChI is InChI=1S/C35H36N4O4Si/c1-23-29(24(2)43-38-23)31-30(33(40)37-34(31)41)28-22-39(32-27(28)18-12-19-36-32)20-13-21-42-44(35(3,4)5,25-14-8-6-9-15-25)26-16-10-7-11-17-26/h6-12,14-19,22H,13,20-21H2,1-5H3,(H,37,40,41). The fourth-order valence-corrected chi connectivity index (χ4v) is 11.1. The van der Waals surface area contributed by atoms with Gasteiger partial charge >= 0.3 is 0 Å². The highest BCUT2D eigenvalue weighted by atomic mass is 28.4. The van der Waals surface area contributed by atoms with Gasteiger partial charge in [-0.15, -0.1) is 0 Å². The van der Waals surface area contributed by atoms with Crippen LogP contribution in [0.1, 0.15) is 49.8 Å². The maximum atomic E-state index is 13.2. The maximum Gasteiger partial charge on any atom is 0.261 e. The summed E-state index contributed by atoms with van der Waals surface area (Å²) in [5.41, 5.74) is 3.09. The number of pyridine rings is 1. The molecular formula is C35H36N4O4Si. The second-order valence-corrected chi connectivity index (χ2v) is 16.5. The van der Waals surface area contributed by atoms with Gasteiger partial charge in [0.25, 0.3) is 20.1 Å². The Morgan fingerprint density at radius 2 is 1.52 bits per heavy atom. The van der Waals surface area contributed by atoms with Crippen LogP contribution in [0.5, 0.6) is 0 Å². The Bertz CT molecular complexity index is 1830. The Morgan fingerprint density at radius 1 is 0.886 bits per heavy atom. The normalized spacial score (nSPS) is 14.1. The number of hydrogen-bond donors (Lipinski definition) is 1. The van der Waals surface area contributed by atoms with E-state index in [-0.39, 0.29) is 10.6 Å². The van der Waals surface area contributed by atoms with Gasteiger partial charge in [0, 0.05) is 36.5 Å². The van der Waals surface area contributed by atoms with Gasteiger partial charge in [-0.2, -0.15) is 0 Å². The summed E-state index contributed by atoms with van der Waals surface area (Å²) in [4.78, 5) is 30.9. The smallest absolute Gasteiger partial charge is 0.261 e. The minimum atomic E-state index is -2.66. The van der Waals surface area contributed by atoms with E-state index in [0.717, 1.165) is 17.5 Å². The molecule has 0 aliphatic carbocycles. The van der Waals surface area contributed by atoms with Crippen LogP contribution in [0.2, 0.25) is 5.04 Å². The Labute approximate surface area is 257 Å². The minimum absolute atomic E-state index is 0.117. The van der Waals surface area contributed by atoms with E-state index in [1.807, 2.05) is 35.0 Å². The molecule has 0 atom stereocenters. The molecule has 2 aromatic carbocycles. The van der Waals surface area contributed by atoms with E-state index in [4.69, 9.17) is 8.95 Å². The summed E-state index contributed by atoms with van der Waals surface area (Å²) in [6.45, 7) is 11.5. The van der Waals surface area contributed by atoms with Gasteiger partial charge in [-0.3, -0.25) is 14.9 Å². The third-order valence-corrected chi connectivity index (χ3v) is 13.4. The number of aryl methyl sites for hydroxylation is 3. The largest absolute Gasteiger partial charge is 0.407 e. The maximum absolute atomic E-state index is 13.2. The molecule has 44 heavy (non-hydrogen) atoms. The van der Waals surface area contributed by atoms with Crippen molar-refractivity contribution in [1.82, 2.24) is 20.0 Å². The summed E-state index contributed by atoms with van der Waals surface area (Å²) >= 11 is 0. The molecule has 0 radical (unpaired) electrons. The highest BCUT2D eigenvalue weighted by molar-refractivity contribution is 6.99. The number of nitrogens with one attached hydrogen (secondary N) is 1. The van der Waals surface area contributed by atoms with Crippen LogP contribution in [0, 0.1) is 13.8 Å². The molecule has 1 aliphatic heterocycles. The molecule has 8 nitrogen and oxygen atoms in total. The number of carbonyl (C=O) groups excluding carboxylic acids is 2. The molecule has 0 saturated heterocycles. The van der Waals surface area contributed by atoms with E-state index in [1.54, 1.807) is 20.0 Å². The van der Waals surface area contributed by atoms with Crippen molar-refractivity contribution in [2.24, 2.45) is 0 Å². The third kappa shape index (κ3) is 4.91. The zero-order valence-corrected chi connectivity index (χ0v) is 26.7. The molecule has 0 spiro atoms. The highest BCUT2D eigenvalue weighted by Crippen LogP contribution is 2.39. The van der Waals surface area contributed by atoms with Crippen LogP contribution in [0.4, 0.5) is 0 Å². The van der Waals surface area contributed by atoms with Crippen molar-refractivity contribution in [3.63, 3.8) is 0 Å². The molecule has 4 heterocycles. The van der Waals surface area contributed by atoms with E-state index >= 15 is 0 Å². The first-order chi connectivity index (χ1) is 21.1. The summed E-state index contributed by atoms with van der Waals surface area (Å²) in [5, 5.41) is 9.66. The monoisotopic (exact) mass is 604 g/mol. The zero-order chi connectivity index (χ0) is 31.1. The molecule has 0 saturated carbocycles. The summed E-state index contributed by atoms with van der Waals surface area (Å²) < 4.78 is 14.5. The lowest BCUT2D eigenvalue weighted by molar-refractivity contribution is -0.122. The Hall–Kier alpha value is -4.60. The van der Waals surface area contributed by atoms with Crippen molar-refractivity contribution in [1.29, 1.82) is 0 Å². The molecule has 9 heteroatoms. The predicted molar refractivity (Wildman–Crippen MR) is 174 cm³/mol. The van der Waals surface area contributed by atoms with Gasteiger partial charge in [0.15, 0.2) is 0 Å². The van der Waals surface area contributed by atoms with Gasteiger partial charge in [0.2, 0.25) is 0 Å². The average molecular weight is 605 g/mol. The van der Waals surface area contributed by atoms with E-state index < -0.39 is 20.1 Å². The number of rotatable bonds is 9. The number of aromatic nitrogens is 3. The van der Waals surface area contributed by atoms with Gasteiger partial charge in [0.05, 0.1) is 22.4 Å². The molecule has 0 bridgehead atoms. The fraction of sp³-hybridized carbons (Fsp3) is 0.257. The fourth-order valence-electron chi connectivity index (χ4n) is 6.50. The molecule has 3 aromatic heterocycles. The van der Waals surface area contributed by atoms with Crippen molar-refractivity contribution < 1.29 is 18.5 Å². The van der Waals surface area contributed by atoms with Crippen molar-refractivity contribution >= 4 is 52.7 Å². The van der Waals surface area contributed by atoms with Gasteiger partial charge in [-0.1, -0.05) is 86.6 Å². The average Bonchev–Trinajstić information content (AvgIpc) is 3.64. The van der Waals surface area contributed by atoms with Gasteiger partial charge in [-0.25, -0.2) is 4.98 Å². The number of nitrogens with zero attached hydrogens (tertiary/aromatic N) is 3. The lowest BCUT2D eigenvalue weighted by Crippen LogP contribution is -2.66. The number of carbonyl (C=O) groups is 2. The van der Waals surface area contributed by atoms with Crippen LogP contribution in [-0.2, 0) is 20.6 Å². The van der Waals surface area contributed by atoms with Crippen molar-refractivity contribution in [2.45, 2.75) is 52.6 Å². The van der Waals surface area contributed by atoms with Crippen LogP contribution >= 0.6 is 0 Å². The zero-order valence-electron chi connectivity index (χ0n) is 25.7. The van der Waals surface area contributed by atoms with Crippen LogP contribution in [0.3, 0.4) is 0 Å². The first-order valence-electron chi connectivity index (χ1n) is 14.9. The Kier molecular flexibility index (Phi) is 7.69. The number of fused-ring (bicyclic) bond motifs is 1. The van der Waals surface area contributed by atoms with E-state index in [2.05, 4.69) is 84.8 Å². The molecule has 0 unspecified atom stereocenters. The molecular weight excluding hydrogens is 568 g/mol. The summed E-state index contributed by atoms with van der Waals surface area (Å²) in [6, 6.07) is 25.0. The number of amides is 2. The third-order valence-electron chi connectivity index (χ3n) is 8.40. The predicted octanol–water partition coefficient (Wildman–Crippen LogP) is 5.18. The van der Waals surface area contributed by atoms with E-state index in [1.165, 1.54) is 10.4 Å². The quantitative estimate of drug-likeness (QED) is 0.142. The molecule has 224 valence electrons. The SMILES string of the molecule is Cc1noc(C)c1C1=C(c2cn(CCCO[Si](c3ccccc3)(c3ccccc3)C(C)(C)C)c3ncccc23)C(=O)NC1=O. The lowest BCUT2D eigenvalue weighted by Gasteiger charge is -2.43. The van der Waals surface area contributed by atoms with Crippen LogP contribution < -0.4 is 15.7 Å². The highest BCUT2D eigenvalue weighted by Gasteiger charge is 2.50. The second kappa shape index (κ2) is 11.5. The van der Waals surface area contributed by atoms with E-state index in [0.29, 0.717) is 41.3 Å². The topological polar surface area (TPSA) is 99.2 Å². The molecule has 1 aliphatic rings. The number of hydrogen-bond acceptors (Lipinski definition) is 6. The van der Waals surface area contributed by atoms with Gasteiger partial charge in [0.1, 0.15) is 11.4 Å². The lowest BCUT2D eigenvalue weighted by atomic mass is 9.95. The summed E-state index contributed by atoms with van der Waals surface area (Å²) in [6.07, 6.45) is 4.39. The molecule has 5 aromatic rings. The second-order valence-electron chi connectivity index (χ2n) is 12.2. The first kappa shape index (κ1) is 29.5. The molecule has 1 N–H and O–H groups in total. The van der Waals surface area contributed by atoms with Crippen molar-refractivity contribution in [3.05, 3.63) is 108 Å². The first-order valence-corrected chi connectivity index (χ1v) is 16.8. The van der Waals surface area contributed by atoms with Gasteiger partial charge < -0.3 is 13.5 Å². The number of imide groups is 1. The molecule has 6 rings (SSSR count). The summed E-state index contributed by atoms with van der Waals surface area (Å²) in [5.74, 6) is -0.409. The number of benzene rings is 2. The minimum Gasteiger partial charge on any atom is -0.407 e. The molecule has 2 amide bonds. The van der Waals surface area contributed by atoms with Gasteiger partial charge in [-0.05, 0) is 47.8 Å². The van der Waals surface area contributed by atoms with Crippen LogP contribution in [0.25, 0.3) is 22.2 Å². The van der Waals surface area contributed by atoms with Crippen molar-refractivity contribution in [3.8, 4) is 0 Å². The van der Waals surface area contributed by atoms with Crippen LogP contribution in [0.15, 0.2) is 89.7 Å².